The maximum Gasteiger partial charge on any atom is 0.262 e. The number of fused-ring (bicyclic) bond motifs is 1. The molecule has 6 heteroatoms. The van der Waals surface area contributed by atoms with E-state index in [4.69, 9.17) is 12.2 Å². The van der Waals surface area contributed by atoms with Gasteiger partial charge in [0.25, 0.3) is 5.56 Å². The first-order valence-electron chi connectivity index (χ1n) is 7.46. The second-order valence-electron chi connectivity index (χ2n) is 5.50. The van der Waals surface area contributed by atoms with Gasteiger partial charge in [0.2, 0.25) is 5.88 Å². The second kappa shape index (κ2) is 5.96. The molecule has 0 bridgehead atoms. The number of aromatic nitrogens is 2. The lowest BCUT2D eigenvalue weighted by Crippen LogP contribution is -2.18. The van der Waals surface area contributed by atoms with Gasteiger partial charge in [0.05, 0.1) is 5.69 Å². The molecule has 0 fully saturated rings. The summed E-state index contributed by atoms with van der Waals surface area (Å²) >= 11 is 5.18. The summed E-state index contributed by atoms with van der Waals surface area (Å²) in [5.74, 6) is -0.113. The van der Waals surface area contributed by atoms with Gasteiger partial charge in [0, 0.05) is 23.4 Å². The van der Waals surface area contributed by atoms with Crippen molar-refractivity contribution in [1.82, 2.24) is 9.55 Å². The van der Waals surface area contributed by atoms with E-state index in [0.29, 0.717) is 0 Å². The molecule has 1 aliphatic rings. The van der Waals surface area contributed by atoms with Gasteiger partial charge in [0.1, 0.15) is 5.56 Å². The Bertz CT molecular complexity index is 938. The summed E-state index contributed by atoms with van der Waals surface area (Å²) in [6.07, 6.45) is 4.13. The molecule has 1 atom stereocenters. The summed E-state index contributed by atoms with van der Waals surface area (Å²) < 4.78 is 1.80. The summed E-state index contributed by atoms with van der Waals surface area (Å²) in [6.45, 7) is 3.94. The Balaban J connectivity index is 2.19. The van der Waals surface area contributed by atoms with Crippen LogP contribution in [0.3, 0.4) is 0 Å². The van der Waals surface area contributed by atoms with E-state index in [0.717, 1.165) is 23.2 Å². The summed E-state index contributed by atoms with van der Waals surface area (Å²) in [6, 6.07) is 7.65. The van der Waals surface area contributed by atoms with E-state index in [2.05, 4.69) is 9.98 Å². The highest BCUT2D eigenvalue weighted by molar-refractivity contribution is 7.71. The molecular weight excluding hydrogens is 310 g/mol. The zero-order chi connectivity index (χ0) is 16.6. The molecule has 2 N–H and O–H groups in total. The molecule has 0 saturated heterocycles. The molecule has 0 unspecified atom stereocenters. The quantitative estimate of drug-likeness (QED) is 0.842. The maximum absolute atomic E-state index is 12.2. The Kier molecular flexibility index (Phi) is 4.00. The zero-order valence-corrected chi connectivity index (χ0v) is 13.7. The number of nitrogens with one attached hydrogen (secondary N) is 1. The van der Waals surface area contributed by atoms with Crippen LogP contribution in [0.15, 0.2) is 34.1 Å². The van der Waals surface area contributed by atoms with Crippen LogP contribution in [-0.2, 0) is 0 Å². The van der Waals surface area contributed by atoms with Crippen molar-refractivity contribution in [2.24, 2.45) is 4.99 Å². The van der Waals surface area contributed by atoms with Gasteiger partial charge >= 0.3 is 0 Å². The number of allylic oxidation sites excluding steroid dienone is 1. The SMILES string of the molecule is CC[C@H](C)n1c(O)c(/C=C2\C=Nc3ccccc32)c(=O)[nH]c1=S. The van der Waals surface area contributed by atoms with Gasteiger partial charge in [-0.1, -0.05) is 25.1 Å². The molecule has 2 heterocycles. The van der Waals surface area contributed by atoms with Crippen LogP contribution in [0.1, 0.15) is 37.4 Å². The van der Waals surface area contributed by atoms with Crippen molar-refractivity contribution < 1.29 is 5.11 Å². The minimum absolute atomic E-state index is 0.0129. The molecule has 1 aromatic carbocycles. The molecule has 0 spiro atoms. The third-order valence-electron chi connectivity index (χ3n) is 4.04. The van der Waals surface area contributed by atoms with E-state index in [-0.39, 0.29) is 22.3 Å². The number of benzene rings is 1. The Morgan fingerprint density at radius 2 is 2.17 bits per heavy atom. The fraction of sp³-hybridized carbons (Fsp3) is 0.235. The molecule has 2 aromatic rings. The number of aromatic hydroxyl groups is 1. The topological polar surface area (TPSA) is 70.4 Å². The van der Waals surface area contributed by atoms with Crippen LogP contribution in [0.5, 0.6) is 5.88 Å². The number of aromatic amines is 1. The Morgan fingerprint density at radius 3 is 2.91 bits per heavy atom. The zero-order valence-electron chi connectivity index (χ0n) is 12.9. The molecule has 1 aliphatic heterocycles. The number of nitrogens with zero attached hydrogens (tertiary/aromatic N) is 2. The highest BCUT2D eigenvalue weighted by Crippen LogP contribution is 2.33. The number of hydrogen-bond donors (Lipinski definition) is 2. The van der Waals surface area contributed by atoms with E-state index in [9.17, 15) is 9.90 Å². The summed E-state index contributed by atoms with van der Waals surface area (Å²) in [5, 5.41) is 10.5. The van der Waals surface area contributed by atoms with Gasteiger partial charge in [-0.3, -0.25) is 19.3 Å². The first kappa shape index (κ1) is 15.4. The summed E-state index contributed by atoms with van der Waals surface area (Å²) in [5.41, 5.74) is 2.36. The summed E-state index contributed by atoms with van der Waals surface area (Å²) in [4.78, 5) is 19.2. The Labute approximate surface area is 138 Å². The smallest absolute Gasteiger partial charge is 0.262 e. The van der Waals surface area contributed by atoms with Gasteiger partial charge in [-0.05, 0) is 37.7 Å². The van der Waals surface area contributed by atoms with Crippen molar-refractivity contribution in [3.05, 3.63) is 50.5 Å². The summed E-state index contributed by atoms with van der Waals surface area (Å²) in [7, 11) is 0. The van der Waals surface area contributed by atoms with E-state index in [1.807, 2.05) is 38.1 Å². The number of H-pyrrole nitrogens is 1. The van der Waals surface area contributed by atoms with Crippen LogP contribution in [0.25, 0.3) is 11.6 Å². The number of hydrogen-bond acceptors (Lipinski definition) is 4. The van der Waals surface area contributed by atoms with E-state index < -0.39 is 5.56 Å². The van der Waals surface area contributed by atoms with Crippen LogP contribution in [0, 0.1) is 4.77 Å². The van der Waals surface area contributed by atoms with Crippen LogP contribution in [0.4, 0.5) is 5.69 Å². The van der Waals surface area contributed by atoms with Crippen molar-refractivity contribution in [3.63, 3.8) is 0 Å². The first-order valence-corrected chi connectivity index (χ1v) is 7.86. The fourth-order valence-corrected chi connectivity index (χ4v) is 2.94. The maximum atomic E-state index is 12.2. The van der Waals surface area contributed by atoms with Crippen molar-refractivity contribution in [2.75, 3.05) is 0 Å². The van der Waals surface area contributed by atoms with Gasteiger partial charge in [-0.15, -0.1) is 0 Å². The normalized spacial score (nSPS) is 15.8. The van der Waals surface area contributed by atoms with Crippen LogP contribution >= 0.6 is 12.2 Å². The van der Waals surface area contributed by atoms with E-state index in [1.54, 1.807) is 16.9 Å². The third-order valence-corrected chi connectivity index (χ3v) is 4.34. The second-order valence-corrected chi connectivity index (χ2v) is 5.89. The van der Waals surface area contributed by atoms with Crippen molar-refractivity contribution >= 4 is 35.8 Å². The Morgan fingerprint density at radius 1 is 1.43 bits per heavy atom. The van der Waals surface area contributed by atoms with Crippen molar-refractivity contribution in [2.45, 2.75) is 26.3 Å². The predicted octanol–water partition coefficient (Wildman–Crippen LogP) is 3.84. The fourth-order valence-electron chi connectivity index (χ4n) is 2.58. The third kappa shape index (κ3) is 2.66. The van der Waals surface area contributed by atoms with Crippen LogP contribution < -0.4 is 5.56 Å². The molecule has 0 amide bonds. The van der Waals surface area contributed by atoms with Gasteiger partial charge < -0.3 is 5.11 Å². The average molecular weight is 327 g/mol. The predicted molar refractivity (Wildman–Crippen MR) is 95.0 cm³/mol. The standard InChI is InChI=1S/C17H17N3O2S/c1-3-10(2)20-16(22)13(15(21)19-17(20)23)8-11-9-18-14-7-5-4-6-12(11)14/h4-10,22H,3H2,1-2H3,(H,19,21,23)/b11-8+/t10-/m0/s1. The molecule has 0 aliphatic carbocycles. The lowest BCUT2D eigenvalue weighted by Gasteiger charge is -2.17. The molecule has 0 saturated carbocycles. The van der Waals surface area contributed by atoms with Gasteiger partial charge in [0.15, 0.2) is 4.77 Å². The molecular formula is C17H17N3O2S. The molecule has 1 aromatic heterocycles. The molecule has 0 radical (unpaired) electrons. The lowest BCUT2D eigenvalue weighted by molar-refractivity contribution is 0.371. The highest BCUT2D eigenvalue weighted by atomic mass is 32.1. The lowest BCUT2D eigenvalue weighted by atomic mass is 10.1. The molecule has 23 heavy (non-hydrogen) atoms. The average Bonchev–Trinajstić information content (AvgIpc) is 2.94. The minimum Gasteiger partial charge on any atom is -0.494 e. The molecule has 3 rings (SSSR count). The number of rotatable bonds is 3. The van der Waals surface area contributed by atoms with Crippen molar-refractivity contribution in [1.29, 1.82) is 0 Å². The van der Waals surface area contributed by atoms with Crippen LogP contribution in [0.2, 0.25) is 0 Å². The number of para-hydroxylation sites is 1. The Hall–Kier alpha value is -2.47. The van der Waals surface area contributed by atoms with Gasteiger partial charge in [-0.25, -0.2) is 0 Å². The largest absolute Gasteiger partial charge is 0.494 e. The van der Waals surface area contributed by atoms with E-state index in [1.165, 1.54) is 0 Å². The molecule has 5 nitrogen and oxygen atoms in total. The minimum atomic E-state index is -0.405. The van der Waals surface area contributed by atoms with E-state index >= 15 is 0 Å². The number of aliphatic imine (C=N–C) groups is 1. The molecule has 118 valence electrons. The monoisotopic (exact) mass is 327 g/mol. The highest BCUT2D eigenvalue weighted by Gasteiger charge is 2.17. The first-order chi connectivity index (χ1) is 11.0. The van der Waals surface area contributed by atoms with Crippen molar-refractivity contribution in [3.8, 4) is 5.88 Å². The van der Waals surface area contributed by atoms with Crippen LogP contribution in [-0.4, -0.2) is 20.9 Å². The van der Waals surface area contributed by atoms with Gasteiger partial charge in [-0.2, -0.15) is 0 Å².